The van der Waals surface area contributed by atoms with E-state index in [1.165, 1.54) is 18.2 Å². The van der Waals surface area contributed by atoms with Crippen molar-refractivity contribution in [2.24, 2.45) is 0 Å². The molecule has 4 aromatic rings. The van der Waals surface area contributed by atoms with Crippen LogP contribution in [0.15, 0.2) is 66.7 Å². The van der Waals surface area contributed by atoms with E-state index in [4.69, 9.17) is 10.2 Å². The van der Waals surface area contributed by atoms with Gasteiger partial charge in [-0.1, -0.05) is 0 Å². The van der Waals surface area contributed by atoms with Crippen molar-refractivity contribution in [1.29, 1.82) is 0 Å². The molecule has 1 aromatic carbocycles. The van der Waals surface area contributed by atoms with E-state index < -0.39 is 0 Å². The fourth-order valence-corrected chi connectivity index (χ4v) is 3.36. The molecule has 0 fully saturated rings. The van der Waals surface area contributed by atoms with E-state index in [9.17, 15) is 0 Å². The van der Waals surface area contributed by atoms with E-state index >= 15 is 0 Å². The Balaban J connectivity index is 0.000000247. The molecular weight excluding hydrogens is 459 g/mol. The van der Waals surface area contributed by atoms with Gasteiger partial charge in [0.05, 0.1) is 22.8 Å². The molecule has 0 aliphatic carbocycles. The maximum Gasteiger partial charge on any atom is 0.0659 e. The molecule has 2 aliphatic heterocycles. The number of rotatable bonds is 0. The van der Waals surface area contributed by atoms with Crippen LogP contribution in [0.3, 0.4) is 0 Å². The van der Waals surface area contributed by atoms with Gasteiger partial charge in [0.2, 0.25) is 0 Å². The fraction of sp³-hybridized carbons (Fsp3) is 0. The van der Waals surface area contributed by atoms with Crippen LogP contribution in [0.2, 0.25) is 0 Å². The van der Waals surface area contributed by atoms with Gasteiger partial charge >= 0.3 is 0 Å². The second-order valence-electron chi connectivity index (χ2n) is 7.32. The number of benzene rings is 1. The second kappa shape index (κ2) is 9.60. The monoisotopic (exact) mass is 478 g/mol. The van der Waals surface area contributed by atoms with Crippen LogP contribution in [-0.2, 0) is 16.8 Å². The van der Waals surface area contributed by atoms with Crippen LogP contribution in [0.1, 0.15) is 22.8 Å². The zero-order chi connectivity index (χ0) is 21.9. The van der Waals surface area contributed by atoms with Gasteiger partial charge in [-0.05, 0) is 72.8 Å². The molecule has 0 saturated heterocycles. The number of aromatic hydroxyl groups is 2. The van der Waals surface area contributed by atoms with Crippen molar-refractivity contribution in [3.8, 4) is 11.5 Å². The Bertz CT molecular complexity index is 1410. The summed E-state index contributed by atoms with van der Waals surface area (Å²) in [5.41, 5.74) is 7.86. The van der Waals surface area contributed by atoms with Crippen molar-refractivity contribution in [2.45, 2.75) is 0 Å². The normalized spacial score (nSPS) is 11.4. The van der Waals surface area contributed by atoms with Gasteiger partial charge in [0.1, 0.15) is 0 Å². The number of nitrogens with one attached hydrogen (secondary N) is 2. The molecule has 0 spiro atoms. The number of phenols is 2. The molecule has 0 unspecified atom stereocenters. The largest absolute Gasteiger partial charge is 0.562 e. The summed E-state index contributed by atoms with van der Waals surface area (Å²) in [6.45, 7) is 0. The van der Waals surface area contributed by atoms with Gasteiger partial charge in [-0.15, -0.1) is 12.1 Å². The summed E-state index contributed by atoms with van der Waals surface area (Å²) in [4.78, 5) is 16.0. The van der Waals surface area contributed by atoms with Crippen LogP contribution >= 0.6 is 0 Å². The van der Waals surface area contributed by atoms with Gasteiger partial charge in [-0.2, -0.15) is 12.1 Å². The topological polar surface area (TPSA) is 97.8 Å². The Morgan fingerprint density at radius 3 is 1.45 bits per heavy atom. The Hall–Kier alpha value is -4.07. The van der Waals surface area contributed by atoms with Crippen molar-refractivity contribution in [2.75, 3.05) is 0 Å². The second-order valence-corrected chi connectivity index (χ2v) is 7.32. The molecule has 7 heteroatoms. The molecule has 0 atom stereocenters. The molecule has 3 aromatic heterocycles. The van der Waals surface area contributed by atoms with Crippen LogP contribution < -0.4 is 0 Å². The van der Waals surface area contributed by atoms with Crippen molar-refractivity contribution in [3.63, 3.8) is 0 Å². The average molecular weight is 478 g/mol. The number of hydrogen-bond donors (Lipinski definition) is 4. The number of aromatic amines is 2. The van der Waals surface area contributed by atoms with Gasteiger partial charge < -0.3 is 20.2 Å². The molecule has 6 rings (SSSR count). The minimum absolute atomic E-state index is 0. The Morgan fingerprint density at radius 2 is 1.03 bits per heavy atom. The summed E-state index contributed by atoms with van der Waals surface area (Å²) in [5.74, 6) is -0.240. The van der Waals surface area contributed by atoms with Crippen molar-refractivity contribution in [1.82, 2.24) is 19.9 Å². The first-order valence-corrected chi connectivity index (χ1v) is 10.0. The third-order valence-electron chi connectivity index (χ3n) is 4.86. The number of nitrogens with zero attached hydrogens (tertiary/aromatic N) is 2. The number of H-pyrrole nitrogens is 2. The molecule has 6 nitrogen and oxygen atoms in total. The predicted molar refractivity (Wildman–Crippen MR) is 127 cm³/mol. The first kappa shape index (κ1) is 22.1. The standard InChI is InChI=1S/C20H14N4.C6H5O2.Co/c1-2-14-10-16-5-6-18(23-16)12-20-8-7-19(24-20)11-17-4-3-15(22-17)9-13(1)21-14;7-5-3-1-2-4-6(5)8;/h1-12,21-22H;1,3-4,7-8H;/q;-1;. The molecule has 33 heavy (non-hydrogen) atoms. The minimum atomic E-state index is -0.132. The van der Waals surface area contributed by atoms with Crippen LogP contribution in [0.4, 0.5) is 0 Å². The van der Waals surface area contributed by atoms with Gasteiger partial charge in [-0.25, -0.2) is 9.97 Å². The quantitative estimate of drug-likeness (QED) is 0.170. The van der Waals surface area contributed by atoms with E-state index in [-0.39, 0.29) is 28.3 Å². The van der Waals surface area contributed by atoms with E-state index in [1.807, 2.05) is 42.5 Å². The molecular formula is C26H19CoN4O2-. The van der Waals surface area contributed by atoms with E-state index in [2.05, 4.69) is 56.3 Å². The van der Waals surface area contributed by atoms with Crippen LogP contribution in [-0.4, -0.2) is 30.1 Å². The number of aromatic nitrogens is 4. The molecule has 8 bridgehead atoms. The minimum Gasteiger partial charge on any atom is -0.562 e. The van der Waals surface area contributed by atoms with Gasteiger partial charge in [0.15, 0.2) is 0 Å². The van der Waals surface area contributed by atoms with Gasteiger partial charge in [0.25, 0.3) is 0 Å². The average Bonchev–Trinajstić information content (AvgIpc) is 3.57. The zero-order valence-corrected chi connectivity index (χ0v) is 18.3. The summed E-state index contributed by atoms with van der Waals surface area (Å²) in [6.07, 6.45) is 8.05. The molecule has 5 heterocycles. The number of fused-ring (bicyclic) bond motifs is 8. The van der Waals surface area contributed by atoms with E-state index in [0.29, 0.717) is 0 Å². The molecule has 4 N–H and O–H groups in total. The molecule has 0 saturated carbocycles. The van der Waals surface area contributed by atoms with Gasteiger partial charge in [-0.3, -0.25) is 0 Å². The van der Waals surface area contributed by atoms with E-state index in [0.717, 1.165) is 44.8 Å². The third-order valence-corrected chi connectivity index (χ3v) is 4.86. The Labute approximate surface area is 200 Å². The summed E-state index contributed by atoms with van der Waals surface area (Å²) in [5, 5.41) is 17.3. The Morgan fingerprint density at radius 1 is 0.576 bits per heavy atom. The maximum atomic E-state index is 8.65. The van der Waals surface area contributed by atoms with Crippen molar-refractivity contribution < 1.29 is 27.0 Å². The molecule has 165 valence electrons. The third kappa shape index (κ3) is 5.41. The number of hydrogen-bond acceptors (Lipinski definition) is 4. The van der Waals surface area contributed by atoms with Crippen LogP contribution in [0.5, 0.6) is 11.5 Å². The number of phenolic OH excluding ortho intramolecular Hbond substituents is 2. The van der Waals surface area contributed by atoms with Gasteiger partial charge in [0, 0.05) is 50.3 Å². The zero-order valence-electron chi connectivity index (χ0n) is 17.3. The fourth-order valence-electron chi connectivity index (χ4n) is 3.36. The summed E-state index contributed by atoms with van der Waals surface area (Å²) >= 11 is 0. The first-order valence-electron chi connectivity index (χ1n) is 10.0. The van der Waals surface area contributed by atoms with Crippen molar-refractivity contribution in [3.05, 3.63) is 95.6 Å². The van der Waals surface area contributed by atoms with Crippen LogP contribution in [0.25, 0.3) is 46.4 Å². The van der Waals surface area contributed by atoms with Crippen LogP contribution in [0, 0.1) is 6.07 Å². The first-order chi connectivity index (χ1) is 15.6. The molecule has 0 amide bonds. The van der Waals surface area contributed by atoms with E-state index in [1.54, 1.807) is 0 Å². The maximum absolute atomic E-state index is 8.65. The van der Waals surface area contributed by atoms with Crippen molar-refractivity contribution >= 4 is 46.4 Å². The summed E-state index contributed by atoms with van der Waals surface area (Å²) in [7, 11) is 0. The molecule has 1 radical (unpaired) electrons. The predicted octanol–water partition coefficient (Wildman–Crippen LogP) is 5.55. The Kier molecular flexibility index (Phi) is 6.44. The SMILES string of the molecule is C1=Cc2cc3ccc(cc4ccc(cc5nc(cc1n2)C=C5)[nH]4)[nH]3.Oc1c[c-]ccc1O.[Co]. The summed E-state index contributed by atoms with van der Waals surface area (Å²) in [6, 6.07) is 23.2. The smallest absolute Gasteiger partial charge is 0.0659 e. The summed E-state index contributed by atoms with van der Waals surface area (Å²) < 4.78 is 0. The molecule has 2 aliphatic rings.